The summed E-state index contributed by atoms with van der Waals surface area (Å²) < 4.78 is 48.8. The molecule has 3 aromatic rings. The van der Waals surface area contributed by atoms with E-state index in [1.54, 1.807) is 10.6 Å². The van der Waals surface area contributed by atoms with Crippen LogP contribution in [0.2, 0.25) is 0 Å². The Morgan fingerprint density at radius 3 is 2.43 bits per heavy atom. The van der Waals surface area contributed by atoms with E-state index >= 15 is 0 Å². The monoisotopic (exact) mass is 511 g/mol. The zero-order valence-corrected chi connectivity index (χ0v) is 20.8. The number of halogens is 3. The summed E-state index contributed by atoms with van der Waals surface area (Å²) in [6.45, 7) is 4.22. The molecule has 1 saturated heterocycles. The van der Waals surface area contributed by atoms with Gasteiger partial charge in [0.1, 0.15) is 11.3 Å². The normalized spacial score (nSPS) is 31.2. The lowest BCUT2D eigenvalue weighted by molar-refractivity contribution is -0.337. The molecule has 0 spiro atoms. The van der Waals surface area contributed by atoms with Gasteiger partial charge in [0, 0.05) is 36.2 Å². The number of nitrogens with zero attached hydrogens (tertiary/aromatic N) is 5. The van der Waals surface area contributed by atoms with Gasteiger partial charge in [-0.1, -0.05) is 0 Å². The van der Waals surface area contributed by atoms with Gasteiger partial charge in [-0.15, -0.1) is 0 Å². The molecule has 8 rings (SSSR count). The second-order valence-corrected chi connectivity index (χ2v) is 11.6. The number of fused-ring (bicyclic) bond motifs is 1. The Balaban J connectivity index is 1.25. The molecule has 0 N–H and O–H groups in total. The van der Waals surface area contributed by atoms with Gasteiger partial charge in [0.2, 0.25) is 0 Å². The highest BCUT2D eigenvalue weighted by atomic mass is 19.4. The second-order valence-electron chi connectivity index (χ2n) is 11.6. The molecule has 1 aliphatic heterocycles. The molecule has 7 nitrogen and oxygen atoms in total. The summed E-state index contributed by atoms with van der Waals surface area (Å²) in [4.78, 5) is 31.4. The molecule has 0 radical (unpaired) electrons. The van der Waals surface area contributed by atoms with Crippen LogP contribution in [0.15, 0.2) is 23.1 Å². The van der Waals surface area contributed by atoms with Crippen LogP contribution in [0.4, 0.5) is 13.2 Å². The highest BCUT2D eigenvalue weighted by Crippen LogP contribution is 2.78. The van der Waals surface area contributed by atoms with Gasteiger partial charge in [-0.2, -0.15) is 13.2 Å². The molecule has 4 saturated carbocycles. The van der Waals surface area contributed by atoms with Gasteiger partial charge in [-0.3, -0.25) is 4.79 Å². The number of ether oxygens (including phenoxy) is 1. The van der Waals surface area contributed by atoms with Crippen molar-refractivity contribution in [1.29, 1.82) is 0 Å². The van der Waals surface area contributed by atoms with Gasteiger partial charge in [0.05, 0.1) is 28.6 Å². The molecule has 2 atom stereocenters. The molecular formula is C27H28F3N5O2. The first kappa shape index (κ1) is 23.3. The van der Waals surface area contributed by atoms with E-state index in [4.69, 9.17) is 19.7 Å². The number of rotatable bonds is 4. The predicted molar refractivity (Wildman–Crippen MR) is 128 cm³/mol. The van der Waals surface area contributed by atoms with Crippen LogP contribution in [0.1, 0.15) is 91.5 Å². The summed E-state index contributed by atoms with van der Waals surface area (Å²) in [5.74, 6) is 0.574. The van der Waals surface area contributed by atoms with Crippen LogP contribution in [0.5, 0.6) is 0 Å². The molecule has 4 aliphatic carbocycles. The first-order chi connectivity index (χ1) is 17.6. The summed E-state index contributed by atoms with van der Waals surface area (Å²) >= 11 is 0. The van der Waals surface area contributed by atoms with Gasteiger partial charge in [0.15, 0.2) is 5.65 Å². The Bertz CT molecular complexity index is 1480. The van der Waals surface area contributed by atoms with E-state index in [0.29, 0.717) is 42.1 Å². The Hall–Kier alpha value is -2.88. The molecule has 37 heavy (non-hydrogen) atoms. The van der Waals surface area contributed by atoms with Crippen LogP contribution in [0.3, 0.4) is 0 Å². The molecule has 2 bridgehead atoms. The van der Waals surface area contributed by atoms with Crippen molar-refractivity contribution in [3.8, 4) is 0 Å². The quantitative estimate of drug-likeness (QED) is 0.482. The molecule has 5 aliphatic rings. The minimum atomic E-state index is -4.19. The number of aryl methyl sites for hydroxylation is 2. The average molecular weight is 512 g/mol. The molecule has 194 valence electrons. The van der Waals surface area contributed by atoms with Gasteiger partial charge < -0.3 is 9.30 Å². The fraction of sp³-hybridized carbons (Fsp3) is 0.593. The van der Waals surface area contributed by atoms with Crippen molar-refractivity contribution < 1.29 is 17.9 Å². The maximum Gasteiger partial charge on any atom is 0.394 e. The third-order valence-electron chi connectivity index (χ3n) is 9.02. The van der Waals surface area contributed by atoms with Crippen molar-refractivity contribution >= 4 is 11.2 Å². The average Bonchev–Trinajstić information content (AvgIpc) is 3.63. The third kappa shape index (κ3) is 3.47. The van der Waals surface area contributed by atoms with Crippen molar-refractivity contribution in [2.24, 2.45) is 5.41 Å². The molecule has 0 unspecified atom stereocenters. The Kier molecular flexibility index (Phi) is 4.77. The van der Waals surface area contributed by atoms with Crippen molar-refractivity contribution in [3.63, 3.8) is 0 Å². The number of aromatic nitrogens is 5. The van der Waals surface area contributed by atoms with Crippen LogP contribution < -0.4 is 5.56 Å². The van der Waals surface area contributed by atoms with Crippen LogP contribution in [-0.2, 0) is 10.2 Å². The molecule has 0 aromatic carbocycles. The van der Waals surface area contributed by atoms with Crippen molar-refractivity contribution in [2.45, 2.75) is 88.4 Å². The van der Waals surface area contributed by atoms with Crippen LogP contribution in [-0.4, -0.2) is 37.3 Å². The molecular weight excluding hydrogens is 483 g/mol. The maximum absolute atomic E-state index is 13.6. The van der Waals surface area contributed by atoms with E-state index in [1.807, 2.05) is 26.1 Å². The number of hydrogen-bond acceptors (Lipinski definition) is 6. The zero-order chi connectivity index (χ0) is 25.7. The number of alkyl halides is 3. The maximum atomic E-state index is 13.6. The Morgan fingerprint density at radius 2 is 1.73 bits per heavy atom. The smallest absolute Gasteiger partial charge is 0.373 e. The molecule has 0 amide bonds. The SMILES string of the molecule is Cc1nc2nc([C@H]3CCO[C@@H](c4ccc(=O)n(C5CC5)c4)C3)nc(C34CC(C(F)(F)F)(C3)C4)c2nc1C. The van der Waals surface area contributed by atoms with E-state index in [0.717, 1.165) is 29.8 Å². The highest BCUT2D eigenvalue weighted by molar-refractivity contribution is 5.75. The molecule has 5 fully saturated rings. The summed E-state index contributed by atoms with van der Waals surface area (Å²) in [5, 5.41) is 0. The standard InChI is InChI=1S/C27H28F3N5O2/c1-14-15(2)32-24-21(31-14)22(25-11-26(12-25,13-25)27(28,29)30)33-23(34-24)16-7-8-37-19(9-16)17-3-6-20(36)35(10-17)18-4-5-18/h3,6,10,16,18-19H,4-5,7-9,11-13H2,1-2H3/t16-,19+,25?,26?/m0/s1. The van der Waals surface area contributed by atoms with Gasteiger partial charge in [0.25, 0.3) is 5.56 Å². The van der Waals surface area contributed by atoms with Gasteiger partial charge in [-0.05, 0) is 70.4 Å². The molecule has 3 aromatic heterocycles. The van der Waals surface area contributed by atoms with Crippen molar-refractivity contribution in [2.75, 3.05) is 6.61 Å². The second kappa shape index (κ2) is 7.58. The first-order valence-corrected chi connectivity index (χ1v) is 13.0. The van der Waals surface area contributed by atoms with E-state index in [1.165, 1.54) is 0 Å². The lowest BCUT2D eigenvalue weighted by Crippen LogP contribution is -2.70. The fourth-order valence-electron chi connectivity index (χ4n) is 6.63. The van der Waals surface area contributed by atoms with E-state index < -0.39 is 17.0 Å². The van der Waals surface area contributed by atoms with Crippen LogP contribution in [0.25, 0.3) is 11.2 Å². The number of hydrogen-bond donors (Lipinski definition) is 0. The predicted octanol–water partition coefficient (Wildman–Crippen LogP) is 5.15. The van der Waals surface area contributed by atoms with E-state index in [2.05, 4.69) is 4.98 Å². The number of pyridine rings is 1. The van der Waals surface area contributed by atoms with Crippen LogP contribution >= 0.6 is 0 Å². The summed E-state index contributed by atoms with van der Waals surface area (Å²) in [6.07, 6.45) is 1.06. The topological polar surface area (TPSA) is 82.8 Å². The lowest BCUT2D eigenvalue weighted by atomic mass is 9.34. The lowest BCUT2D eigenvalue weighted by Gasteiger charge is -2.70. The summed E-state index contributed by atoms with van der Waals surface area (Å²) in [5.41, 5.74) is 1.87. The molecule has 10 heteroatoms. The van der Waals surface area contributed by atoms with Crippen LogP contribution in [0, 0.1) is 19.3 Å². The zero-order valence-electron chi connectivity index (χ0n) is 20.8. The van der Waals surface area contributed by atoms with E-state index in [-0.39, 0.29) is 42.9 Å². The Morgan fingerprint density at radius 1 is 1.00 bits per heavy atom. The van der Waals surface area contributed by atoms with Gasteiger partial charge >= 0.3 is 6.18 Å². The summed E-state index contributed by atoms with van der Waals surface area (Å²) in [7, 11) is 0. The minimum Gasteiger partial charge on any atom is -0.373 e. The minimum absolute atomic E-state index is 0.000497. The third-order valence-corrected chi connectivity index (χ3v) is 9.02. The van der Waals surface area contributed by atoms with Crippen molar-refractivity contribution in [3.05, 3.63) is 57.2 Å². The van der Waals surface area contributed by atoms with E-state index in [9.17, 15) is 18.0 Å². The Labute approximate surface area is 211 Å². The largest absolute Gasteiger partial charge is 0.394 e. The summed E-state index contributed by atoms with van der Waals surface area (Å²) in [6, 6.07) is 3.71. The molecule has 4 heterocycles. The van der Waals surface area contributed by atoms with Gasteiger partial charge in [-0.25, -0.2) is 19.9 Å². The first-order valence-electron chi connectivity index (χ1n) is 13.0. The fourth-order valence-corrected chi connectivity index (χ4v) is 6.63. The highest BCUT2D eigenvalue weighted by Gasteiger charge is 2.79. The van der Waals surface area contributed by atoms with Crippen molar-refractivity contribution in [1.82, 2.24) is 24.5 Å².